The summed E-state index contributed by atoms with van der Waals surface area (Å²) in [5, 5.41) is 2.32. The number of halogens is 4. The summed E-state index contributed by atoms with van der Waals surface area (Å²) in [5.41, 5.74) is -0.636. The summed E-state index contributed by atoms with van der Waals surface area (Å²) in [5.74, 6) is -0.197. The summed E-state index contributed by atoms with van der Waals surface area (Å²) < 4.78 is 69.5. The van der Waals surface area contributed by atoms with Crippen molar-refractivity contribution >= 4 is 33.2 Å². The van der Waals surface area contributed by atoms with Gasteiger partial charge in [-0.3, -0.25) is 4.79 Å². The average Bonchev–Trinajstić information content (AvgIpc) is 2.66. The van der Waals surface area contributed by atoms with E-state index in [1.54, 1.807) is 0 Å². The highest BCUT2D eigenvalue weighted by Gasteiger charge is 2.31. The number of alkyl halides is 3. The van der Waals surface area contributed by atoms with Crippen molar-refractivity contribution in [3.8, 4) is 5.75 Å². The molecule has 6 nitrogen and oxygen atoms in total. The molecule has 30 heavy (non-hydrogen) atoms. The van der Waals surface area contributed by atoms with Gasteiger partial charge in [0.25, 0.3) is 0 Å². The Morgan fingerprint density at radius 3 is 2.40 bits per heavy atom. The maximum atomic E-state index is 12.9. The van der Waals surface area contributed by atoms with Crippen LogP contribution >= 0.6 is 11.6 Å². The lowest BCUT2D eigenvalue weighted by molar-refractivity contribution is -0.137. The lowest BCUT2D eigenvalue weighted by atomic mass is 10.1. The minimum atomic E-state index is -4.57. The number of amides is 1. The SMILES string of the molecule is COc1ccc(S(=O)(=O)N(C)C)cc1CCC(=O)Nc1cc(C(F)(F)F)ccc1Cl. The number of anilines is 1. The van der Waals surface area contributed by atoms with Crippen molar-refractivity contribution < 1.29 is 31.1 Å². The Labute approximate surface area is 177 Å². The molecule has 0 saturated carbocycles. The summed E-state index contributed by atoms with van der Waals surface area (Å²) >= 11 is 5.88. The Morgan fingerprint density at radius 1 is 1.17 bits per heavy atom. The van der Waals surface area contributed by atoms with Gasteiger partial charge in [-0.25, -0.2) is 12.7 Å². The monoisotopic (exact) mass is 464 g/mol. The van der Waals surface area contributed by atoms with Crippen LogP contribution < -0.4 is 10.1 Å². The molecule has 0 radical (unpaired) electrons. The quantitative estimate of drug-likeness (QED) is 0.666. The van der Waals surface area contributed by atoms with Crippen LogP contribution in [0.2, 0.25) is 5.02 Å². The van der Waals surface area contributed by atoms with E-state index in [9.17, 15) is 26.4 Å². The highest BCUT2D eigenvalue weighted by molar-refractivity contribution is 7.89. The van der Waals surface area contributed by atoms with Gasteiger partial charge in [0.05, 0.1) is 28.3 Å². The molecule has 0 aromatic heterocycles. The number of hydrogen-bond donors (Lipinski definition) is 1. The molecular formula is C19H20ClF3N2O4S. The maximum Gasteiger partial charge on any atom is 0.416 e. The summed E-state index contributed by atoms with van der Waals surface area (Å²) in [6.07, 6.45) is -4.60. The first-order chi connectivity index (χ1) is 13.9. The molecule has 1 amide bonds. The number of carbonyl (C=O) groups is 1. The molecule has 0 unspecified atom stereocenters. The van der Waals surface area contributed by atoms with Crippen LogP contribution in [-0.4, -0.2) is 39.8 Å². The molecule has 0 spiro atoms. The van der Waals surface area contributed by atoms with Crippen LogP contribution in [0.3, 0.4) is 0 Å². The van der Waals surface area contributed by atoms with Gasteiger partial charge in [-0.15, -0.1) is 0 Å². The molecule has 2 aromatic rings. The number of rotatable bonds is 7. The van der Waals surface area contributed by atoms with Crippen LogP contribution in [0, 0.1) is 0 Å². The van der Waals surface area contributed by atoms with E-state index in [0.29, 0.717) is 11.3 Å². The third-order valence-corrected chi connectivity index (χ3v) is 6.36. The molecule has 0 bridgehead atoms. The zero-order valence-electron chi connectivity index (χ0n) is 16.4. The van der Waals surface area contributed by atoms with E-state index in [4.69, 9.17) is 16.3 Å². The zero-order valence-corrected chi connectivity index (χ0v) is 18.0. The standard InChI is InChI=1S/C19H20ClF3N2O4S/c1-25(2)30(27,28)14-6-8-17(29-3)12(10-14)4-9-18(26)24-16-11-13(19(21,22)23)5-7-15(16)20/h5-8,10-11H,4,9H2,1-3H3,(H,24,26). The van der Waals surface area contributed by atoms with Crippen molar-refractivity contribution in [3.63, 3.8) is 0 Å². The second-order valence-electron chi connectivity index (χ2n) is 6.50. The number of carbonyl (C=O) groups excluding carboxylic acids is 1. The topological polar surface area (TPSA) is 75.7 Å². The highest BCUT2D eigenvalue weighted by Crippen LogP contribution is 2.34. The van der Waals surface area contributed by atoms with Crippen LogP contribution in [0.15, 0.2) is 41.3 Å². The second kappa shape index (κ2) is 9.23. The second-order valence-corrected chi connectivity index (χ2v) is 9.06. The third kappa shape index (κ3) is 5.65. The van der Waals surface area contributed by atoms with Crippen molar-refractivity contribution in [1.82, 2.24) is 4.31 Å². The Morgan fingerprint density at radius 2 is 1.83 bits per heavy atom. The van der Waals surface area contributed by atoms with Gasteiger partial charge in [0.1, 0.15) is 5.75 Å². The van der Waals surface area contributed by atoms with E-state index >= 15 is 0 Å². The van der Waals surface area contributed by atoms with Crippen LogP contribution in [0.25, 0.3) is 0 Å². The fourth-order valence-electron chi connectivity index (χ4n) is 2.58. The molecular weight excluding hydrogens is 445 g/mol. The molecule has 1 N–H and O–H groups in total. The van der Waals surface area contributed by atoms with E-state index in [-0.39, 0.29) is 28.4 Å². The van der Waals surface area contributed by atoms with E-state index in [2.05, 4.69) is 5.32 Å². The molecule has 0 aliphatic carbocycles. The van der Waals surface area contributed by atoms with Crippen molar-refractivity contribution in [2.24, 2.45) is 0 Å². The third-order valence-electron chi connectivity index (χ3n) is 4.22. The maximum absolute atomic E-state index is 12.9. The molecule has 0 aliphatic heterocycles. The smallest absolute Gasteiger partial charge is 0.416 e. The number of hydrogen-bond acceptors (Lipinski definition) is 4. The number of methoxy groups -OCH3 is 1. The number of nitrogens with zero attached hydrogens (tertiary/aromatic N) is 1. The highest BCUT2D eigenvalue weighted by atomic mass is 35.5. The minimum Gasteiger partial charge on any atom is -0.496 e. The number of benzene rings is 2. The van der Waals surface area contributed by atoms with Gasteiger partial charge in [-0.2, -0.15) is 13.2 Å². The molecule has 2 aromatic carbocycles. The lowest BCUT2D eigenvalue weighted by Crippen LogP contribution is -2.22. The summed E-state index contributed by atoms with van der Waals surface area (Å²) in [6, 6.07) is 6.90. The Hall–Kier alpha value is -2.30. The predicted octanol–water partition coefficient (Wildman–Crippen LogP) is 4.19. The van der Waals surface area contributed by atoms with Crippen LogP contribution in [0.4, 0.5) is 18.9 Å². The normalized spacial score (nSPS) is 12.1. The number of sulfonamides is 1. The molecule has 0 aliphatic rings. The molecule has 11 heteroatoms. The molecule has 0 atom stereocenters. The first kappa shape index (κ1) is 24.0. The van der Waals surface area contributed by atoms with Gasteiger partial charge < -0.3 is 10.1 Å². The van der Waals surface area contributed by atoms with Gasteiger partial charge >= 0.3 is 6.18 Å². The molecule has 164 valence electrons. The number of ether oxygens (including phenoxy) is 1. The summed E-state index contributed by atoms with van der Waals surface area (Å²) in [4.78, 5) is 12.3. The summed E-state index contributed by atoms with van der Waals surface area (Å²) in [6.45, 7) is 0. The van der Waals surface area contributed by atoms with E-state index in [1.165, 1.54) is 39.4 Å². The first-order valence-electron chi connectivity index (χ1n) is 8.62. The largest absolute Gasteiger partial charge is 0.496 e. The van der Waals surface area contributed by atoms with Gasteiger partial charge in [0.15, 0.2) is 0 Å². The van der Waals surface area contributed by atoms with Crippen molar-refractivity contribution in [3.05, 3.63) is 52.5 Å². The van der Waals surface area contributed by atoms with Gasteiger partial charge in [-0.1, -0.05) is 11.6 Å². The van der Waals surface area contributed by atoms with E-state index in [0.717, 1.165) is 22.5 Å². The van der Waals surface area contributed by atoms with Crippen molar-refractivity contribution in [2.75, 3.05) is 26.5 Å². The minimum absolute atomic E-state index is 0.0321. The Balaban J connectivity index is 2.19. The molecule has 2 rings (SSSR count). The van der Waals surface area contributed by atoms with E-state index < -0.39 is 27.7 Å². The van der Waals surface area contributed by atoms with Crippen LogP contribution in [0.1, 0.15) is 17.5 Å². The predicted molar refractivity (Wildman–Crippen MR) is 107 cm³/mol. The average molecular weight is 465 g/mol. The van der Waals surface area contributed by atoms with Crippen LogP contribution in [-0.2, 0) is 27.4 Å². The van der Waals surface area contributed by atoms with Gasteiger partial charge in [0.2, 0.25) is 15.9 Å². The van der Waals surface area contributed by atoms with Gasteiger partial charge in [0, 0.05) is 20.5 Å². The first-order valence-corrected chi connectivity index (χ1v) is 10.4. The number of nitrogens with one attached hydrogen (secondary N) is 1. The Bertz CT molecular complexity index is 1040. The van der Waals surface area contributed by atoms with Gasteiger partial charge in [-0.05, 0) is 48.4 Å². The fraction of sp³-hybridized carbons (Fsp3) is 0.316. The zero-order chi connectivity index (χ0) is 22.7. The molecule has 0 saturated heterocycles. The van der Waals surface area contributed by atoms with E-state index in [1.807, 2.05) is 0 Å². The van der Waals surface area contributed by atoms with Crippen LogP contribution in [0.5, 0.6) is 5.75 Å². The molecule has 0 heterocycles. The van der Waals surface area contributed by atoms with Crippen molar-refractivity contribution in [1.29, 1.82) is 0 Å². The summed E-state index contributed by atoms with van der Waals surface area (Å²) in [7, 11) is 0.510. The Kier molecular flexibility index (Phi) is 7.38. The fourth-order valence-corrected chi connectivity index (χ4v) is 3.70. The lowest BCUT2D eigenvalue weighted by Gasteiger charge is -2.15. The number of aryl methyl sites for hydroxylation is 1. The van der Waals surface area contributed by atoms with Crippen molar-refractivity contribution in [2.45, 2.75) is 23.9 Å². The molecule has 0 fully saturated rings.